The molecule has 0 aromatic carbocycles. The van der Waals surface area contributed by atoms with E-state index in [1.807, 2.05) is 17.7 Å². The third-order valence-corrected chi connectivity index (χ3v) is 2.16. The van der Waals surface area contributed by atoms with E-state index >= 15 is 0 Å². The summed E-state index contributed by atoms with van der Waals surface area (Å²) in [5, 5.41) is 20.9. The zero-order valence-electron chi connectivity index (χ0n) is 9.21. The van der Waals surface area contributed by atoms with E-state index in [2.05, 4.69) is 10.3 Å². The minimum absolute atomic E-state index is 0.151. The normalized spacial score (nSPS) is 14.6. The lowest BCUT2D eigenvalue weighted by atomic mass is 10.2. The molecular weight excluding hydrogens is 210 g/mol. The Bertz CT molecular complexity index is 313. The van der Waals surface area contributed by atoms with Crippen LogP contribution in [0.4, 0.5) is 0 Å². The van der Waals surface area contributed by atoms with Crippen LogP contribution in [0.5, 0.6) is 0 Å². The highest BCUT2D eigenvalue weighted by molar-refractivity contribution is 5.67. The molecule has 0 saturated heterocycles. The van der Waals surface area contributed by atoms with Crippen molar-refractivity contribution in [3.8, 4) is 0 Å². The lowest BCUT2D eigenvalue weighted by Gasteiger charge is -2.16. The van der Waals surface area contributed by atoms with Gasteiger partial charge < -0.3 is 20.1 Å². The summed E-state index contributed by atoms with van der Waals surface area (Å²) in [5.74, 6) is -0.989. The van der Waals surface area contributed by atoms with Gasteiger partial charge in [0.05, 0.1) is 18.9 Å². The molecule has 0 spiro atoms. The Balaban J connectivity index is 2.19. The smallest absolute Gasteiger partial charge is 0.306 e. The molecule has 0 saturated carbocycles. The van der Waals surface area contributed by atoms with Crippen molar-refractivity contribution in [2.75, 3.05) is 6.54 Å². The molecule has 6 nitrogen and oxygen atoms in total. The highest BCUT2D eigenvalue weighted by atomic mass is 16.4. The number of rotatable bonds is 7. The molecule has 0 aliphatic heterocycles. The first kappa shape index (κ1) is 12.7. The highest BCUT2D eigenvalue weighted by Gasteiger charge is 2.10. The molecule has 0 radical (unpaired) electrons. The minimum Gasteiger partial charge on any atom is -0.481 e. The van der Waals surface area contributed by atoms with E-state index in [1.54, 1.807) is 12.5 Å². The summed E-state index contributed by atoms with van der Waals surface area (Å²) in [6.45, 7) is 2.98. The van der Waals surface area contributed by atoms with Crippen LogP contribution < -0.4 is 5.32 Å². The van der Waals surface area contributed by atoms with Gasteiger partial charge in [-0.2, -0.15) is 0 Å². The van der Waals surface area contributed by atoms with Crippen molar-refractivity contribution in [2.24, 2.45) is 0 Å². The lowest BCUT2D eigenvalue weighted by Crippen LogP contribution is -2.37. The molecule has 2 atom stereocenters. The van der Waals surface area contributed by atoms with Gasteiger partial charge in [0, 0.05) is 31.5 Å². The number of aliphatic carboxylic acids is 1. The van der Waals surface area contributed by atoms with Gasteiger partial charge >= 0.3 is 5.97 Å². The number of hydrogen-bond acceptors (Lipinski definition) is 4. The summed E-state index contributed by atoms with van der Waals surface area (Å²) < 4.78 is 1.92. The number of carboxylic acids is 1. The molecule has 90 valence electrons. The van der Waals surface area contributed by atoms with Gasteiger partial charge in [0.2, 0.25) is 0 Å². The predicted octanol–water partition coefficient (Wildman–Crippen LogP) is -0.303. The highest BCUT2D eigenvalue weighted by Crippen LogP contribution is 1.94. The Morgan fingerprint density at radius 3 is 2.94 bits per heavy atom. The van der Waals surface area contributed by atoms with Crippen LogP contribution in [0.2, 0.25) is 0 Å². The largest absolute Gasteiger partial charge is 0.481 e. The summed E-state index contributed by atoms with van der Waals surface area (Å²) >= 11 is 0. The molecule has 0 aliphatic carbocycles. The van der Waals surface area contributed by atoms with Crippen molar-refractivity contribution < 1.29 is 15.0 Å². The Kier molecular flexibility index (Phi) is 4.94. The van der Waals surface area contributed by atoms with Crippen LogP contribution in [-0.2, 0) is 11.3 Å². The van der Waals surface area contributed by atoms with Crippen LogP contribution in [0.3, 0.4) is 0 Å². The predicted molar refractivity (Wildman–Crippen MR) is 58.0 cm³/mol. The van der Waals surface area contributed by atoms with Gasteiger partial charge in [-0.3, -0.25) is 4.79 Å². The van der Waals surface area contributed by atoms with E-state index < -0.39 is 12.1 Å². The van der Waals surface area contributed by atoms with Crippen molar-refractivity contribution in [1.82, 2.24) is 14.9 Å². The zero-order valence-corrected chi connectivity index (χ0v) is 9.21. The first-order valence-corrected chi connectivity index (χ1v) is 5.17. The van der Waals surface area contributed by atoms with Crippen molar-refractivity contribution >= 4 is 5.97 Å². The Labute approximate surface area is 93.9 Å². The van der Waals surface area contributed by atoms with Crippen LogP contribution in [0, 0.1) is 0 Å². The van der Waals surface area contributed by atoms with Gasteiger partial charge in [-0.15, -0.1) is 0 Å². The number of carboxylic acid groups (broad SMARTS) is 1. The van der Waals surface area contributed by atoms with Gasteiger partial charge in [0.25, 0.3) is 0 Å². The second kappa shape index (κ2) is 6.24. The van der Waals surface area contributed by atoms with E-state index in [0.717, 1.165) is 6.54 Å². The van der Waals surface area contributed by atoms with Crippen molar-refractivity contribution in [3.05, 3.63) is 18.7 Å². The van der Waals surface area contributed by atoms with Gasteiger partial charge in [-0.1, -0.05) is 0 Å². The molecular formula is C10H17N3O3. The molecule has 0 bridgehead atoms. The Morgan fingerprint density at radius 2 is 2.38 bits per heavy atom. The number of nitrogens with zero attached hydrogens (tertiary/aromatic N) is 2. The molecule has 1 aromatic heterocycles. The molecule has 1 aromatic rings. The van der Waals surface area contributed by atoms with Gasteiger partial charge in [-0.25, -0.2) is 4.98 Å². The maximum Gasteiger partial charge on any atom is 0.306 e. The fourth-order valence-corrected chi connectivity index (χ4v) is 1.39. The first-order valence-electron chi connectivity index (χ1n) is 5.17. The molecule has 1 heterocycles. The Morgan fingerprint density at radius 1 is 1.62 bits per heavy atom. The topological polar surface area (TPSA) is 87.4 Å². The van der Waals surface area contributed by atoms with Crippen LogP contribution in [0.1, 0.15) is 13.3 Å². The summed E-state index contributed by atoms with van der Waals surface area (Å²) in [5.41, 5.74) is 0. The van der Waals surface area contributed by atoms with E-state index in [1.165, 1.54) is 0 Å². The monoisotopic (exact) mass is 227 g/mol. The lowest BCUT2D eigenvalue weighted by molar-refractivity contribution is -0.139. The quantitative estimate of drug-likeness (QED) is 0.595. The fourth-order valence-electron chi connectivity index (χ4n) is 1.39. The summed E-state index contributed by atoms with van der Waals surface area (Å²) in [6, 6.07) is 0.151. The number of nitrogens with one attached hydrogen (secondary N) is 1. The summed E-state index contributed by atoms with van der Waals surface area (Å²) in [6.07, 6.45) is 4.19. The molecule has 6 heteroatoms. The minimum atomic E-state index is -0.989. The second-order valence-corrected chi connectivity index (χ2v) is 3.82. The fraction of sp³-hybridized carbons (Fsp3) is 0.600. The third kappa shape index (κ3) is 4.90. The molecule has 0 fully saturated rings. The van der Waals surface area contributed by atoms with Crippen LogP contribution in [0.25, 0.3) is 0 Å². The van der Waals surface area contributed by atoms with Gasteiger partial charge in [-0.05, 0) is 6.92 Å². The maximum absolute atomic E-state index is 10.3. The van der Waals surface area contributed by atoms with Crippen molar-refractivity contribution in [2.45, 2.75) is 32.0 Å². The van der Waals surface area contributed by atoms with E-state index in [9.17, 15) is 9.90 Å². The number of aliphatic hydroxyl groups excluding tert-OH is 1. The molecule has 2 unspecified atom stereocenters. The van der Waals surface area contributed by atoms with Crippen molar-refractivity contribution in [3.63, 3.8) is 0 Å². The molecule has 0 amide bonds. The maximum atomic E-state index is 10.3. The SMILES string of the molecule is CC(Cn1ccnc1)NCC(O)CC(=O)O. The summed E-state index contributed by atoms with van der Waals surface area (Å²) in [4.78, 5) is 14.2. The third-order valence-electron chi connectivity index (χ3n) is 2.16. The standard InChI is InChI=1S/C10H17N3O3/c1-8(6-13-3-2-11-7-13)12-5-9(14)4-10(15)16/h2-3,7-9,12,14H,4-6H2,1H3,(H,15,16). The molecule has 1 rings (SSSR count). The zero-order chi connectivity index (χ0) is 12.0. The second-order valence-electron chi connectivity index (χ2n) is 3.82. The summed E-state index contributed by atoms with van der Waals surface area (Å²) in [7, 11) is 0. The van der Waals surface area contributed by atoms with Crippen molar-refractivity contribution in [1.29, 1.82) is 0 Å². The van der Waals surface area contributed by atoms with E-state index in [-0.39, 0.29) is 19.0 Å². The number of hydrogen-bond donors (Lipinski definition) is 3. The number of imidazole rings is 1. The molecule has 16 heavy (non-hydrogen) atoms. The van der Waals surface area contributed by atoms with Crippen LogP contribution >= 0.6 is 0 Å². The molecule has 3 N–H and O–H groups in total. The van der Waals surface area contributed by atoms with E-state index in [0.29, 0.717) is 0 Å². The van der Waals surface area contributed by atoms with E-state index in [4.69, 9.17) is 5.11 Å². The number of carbonyl (C=O) groups is 1. The average Bonchev–Trinajstić information content (AvgIpc) is 2.66. The van der Waals surface area contributed by atoms with Gasteiger partial charge in [0.15, 0.2) is 0 Å². The first-order chi connectivity index (χ1) is 7.58. The van der Waals surface area contributed by atoms with Gasteiger partial charge in [0.1, 0.15) is 0 Å². The molecule has 0 aliphatic rings. The average molecular weight is 227 g/mol. The number of aromatic nitrogens is 2. The van der Waals surface area contributed by atoms with Crippen LogP contribution in [0.15, 0.2) is 18.7 Å². The number of aliphatic hydroxyl groups is 1. The van der Waals surface area contributed by atoms with Crippen LogP contribution in [-0.4, -0.2) is 44.4 Å². The Hall–Kier alpha value is -1.40.